The van der Waals surface area contributed by atoms with Gasteiger partial charge in [0.15, 0.2) is 12.0 Å². The van der Waals surface area contributed by atoms with E-state index >= 15 is 0 Å². The van der Waals surface area contributed by atoms with E-state index in [9.17, 15) is 4.79 Å². The number of aromatic nitrogens is 1. The molecular weight excluding hydrogens is 436 g/mol. The van der Waals surface area contributed by atoms with E-state index in [0.717, 1.165) is 56.9 Å². The van der Waals surface area contributed by atoms with E-state index in [-0.39, 0.29) is 17.6 Å². The number of Topliss-reactive ketones (excluding diaryl/α,β-unsaturated/α-hetero) is 1. The third kappa shape index (κ3) is 3.55. The van der Waals surface area contributed by atoms with Crippen molar-refractivity contribution in [3.8, 4) is 11.5 Å². The summed E-state index contributed by atoms with van der Waals surface area (Å²) >= 11 is 0. The van der Waals surface area contributed by atoms with Crippen LogP contribution in [-0.4, -0.2) is 20.0 Å². The number of methoxy groups -OCH3 is 2. The fourth-order valence-corrected chi connectivity index (χ4v) is 5.67. The van der Waals surface area contributed by atoms with E-state index in [2.05, 4.69) is 40.6 Å². The van der Waals surface area contributed by atoms with Crippen molar-refractivity contribution in [3.05, 3.63) is 107 Å². The molecule has 0 fully saturated rings. The number of ketones is 1. The first-order chi connectivity index (χ1) is 17.2. The molecule has 0 bridgehead atoms. The van der Waals surface area contributed by atoms with Gasteiger partial charge in [0, 0.05) is 52.6 Å². The van der Waals surface area contributed by atoms with E-state index in [1.54, 1.807) is 14.2 Å². The van der Waals surface area contributed by atoms with E-state index in [4.69, 9.17) is 9.47 Å². The van der Waals surface area contributed by atoms with E-state index in [1.807, 2.05) is 48.7 Å². The summed E-state index contributed by atoms with van der Waals surface area (Å²) in [4.78, 5) is 17.3. The number of H-pyrrole nitrogens is 1. The zero-order valence-electron chi connectivity index (χ0n) is 19.8. The molecule has 2 aliphatic rings. The summed E-state index contributed by atoms with van der Waals surface area (Å²) in [6.45, 7) is 0. The number of carbonyl (C=O) groups excluding carboxylic acids is 1. The summed E-state index contributed by atoms with van der Waals surface area (Å²) in [6.07, 6.45) is 3.19. The number of hydrogen-bond donors (Lipinski definition) is 1. The van der Waals surface area contributed by atoms with Crippen LogP contribution in [0.4, 0.5) is 5.69 Å². The Bertz CT molecular complexity index is 1480. The Morgan fingerprint density at radius 1 is 0.914 bits per heavy atom. The molecule has 1 aliphatic carbocycles. The Hall–Kier alpha value is -4.12. The van der Waals surface area contributed by atoms with Crippen LogP contribution in [0.15, 0.2) is 90.3 Å². The molecule has 0 radical (unpaired) electrons. The molecule has 174 valence electrons. The fourth-order valence-electron chi connectivity index (χ4n) is 5.67. The minimum absolute atomic E-state index is 0.151. The summed E-state index contributed by atoms with van der Waals surface area (Å²) in [5.74, 6) is 1.53. The summed E-state index contributed by atoms with van der Waals surface area (Å²) in [5.41, 5.74) is 7.08. The van der Waals surface area contributed by atoms with Crippen molar-refractivity contribution in [2.24, 2.45) is 0 Å². The summed E-state index contributed by atoms with van der Waals surface area (Å²) in [7, 11) is 3.33. The maximum atomic E-state index is 13.9. The third-order valence-electron chi connectivity index (χ3n) is 7.27. The highest BCUT2D eigenvalue weighted by Gasteiger charge is 2.40. The van der Waals surface area contributed by atoms with Gasteiger partial charge in [-0.1, -0.05) is 30.3 Å². The molecule has 2 atom stereocenters. The number of allylic oxidation sites excluding steroid dienone is 2. The van der Waals surface area contributed by atoms with Crippen LogP contribution >= 0.6 is 0 Å². The zero-order valence-corrected chi connectivity index (χ0v) is 19.8. The highest BCUT2D eigenvalue weighted by atomic mass is 16.5. The highest BCUT2D eigenvalue weighted by molar-refractivity contribution is 6.04. The monoisotopic (exact) mass is 463 g/mol. The van der Waals surface area contributed by atoms with Gasteiger partial charge in [-0.25, -0.2) is 4.98 Å². The molecule has 0 saturated heterocycles. The largest absolute Gasteiger partial charge is 0.497 e. The van der Waals surface area contributed by atoms with Crippen LogP contribution in [-0.2, 0) is 4.79 Å². The molecule has 0 saturated carbocycles. The van der Waals surface area contributed by atoms with Crippen LogP contribution in [0.3, 0.4) is 0 Å². The predicted molar refractivity (Wildman–Crippen MR) is 136 cm³/mol. The second-order valence-corrected chi connectivity index (χ2v) is 9.16. The van der Waals surface area contributed by atoms with Crippen molar-refractivity contribution in [2.45, 2.75) is 24.7 Å². The minimum atomic E-state index is -0.268. The highest BCUT2D eigenvalue weighted by Crippen LogP contribution is 2.51. The predicted octanol–water partition coefficient (Wildman–Crippen LogP) is 5.63. The lowest BCUT2D eigenvalue weighted by molar-refractivity contribution is -0.344. The summed E-state index contributed by atoms with van der Waals surface area (Å²) < 4.78 is 11.4. The Balaban J connectivity index is 1.60. The van der Waals surface area contributed by atoms with Gasteiger partial charge < -0.3 is 14.8 Å². The maximum Gasteiger partial charge on any atom is 0.211 e. The average molecular weight is 464 g/mol. The molecule has 5 heteroatoms. The van der Waals surface area contributed by atoms with Gasteiger partial charge in [0.25, 0.3) is 0 Å². The smallest absolute Gasteiger partial charge is 0.211 e. The van der Waals surface area contributed by atoms with Gasteiger partial charge in [-0.3, -0.25) is 4.79 Å². The van der Waals surface area contributed by atoms with Crippen molar-refractivity contribution >= 4 is 22.4 Å². The van der Waals surface area contributed by atoms with Crippen molar-refractivity contribution in [3.63, 3.8) is 0 Å². The van der Waals surface area contributed by atoms with Gasteiger partial charge >= 0.3 is 0 Å². The quantitative estimate of drug-likeness (QED) is 0.426. The van der Waals surface area contributed by atoms with Crippen molar-refractivity contribution < 1.29 is 19.3 Å². The van der Waals surface area contributed by atoms with Gasteiger partial charge in [0.1, 0.15) is 11.5 Å². The first-order valence-electron chi connectivity index (χ1n) is 11.9. The van der Waals surface area contributed by atoms with E-state index < -0.39 is 0 Å². The SMILES string of the molecule is COc1ccc(OC)c(C2C3=C(CC(c4ccccc4)CC3=O)Nc3ccc4[nH+]cccc4c32)c1. The van der Waals surface area contributed by atoms with Gasteiger partial charge in [0.05, 0.1) is 19.6 Å². The van der Waals surface area contributed by atoms with Crippen molar-refractivity contribution in [2.75, 3.05) is 19.5 Å². The Morgan fingerprint density at radius 2 is 1.77 bits per heavy atom. The second kappa shape index (κ2) is 8.58. The topological polar surface area (TPSA) is 61.7 Å². The molecule has 1 aromatic heterocycles. The normalized spacial score (nSPS) is 19.1. The molecular formula is C30H27N2O3+. The standard InChI is InChI=1S/C30H26N2O3/c1-34-20-10-13-27(35-2)22(17-20)29-28-21-9-6-14-31-23(21)11-12-24(28)32-25-15-19(16-26(33)30(25)29)18-7-4-3-5-8-18/h3-14,17,19,29,32H,15-16H2,1-2H3/p+1. The molecule has 3 aromatic carbocycles. The van der Waals surface area contributed by atoms with Crippen LogP contribution in [0.5, 0.6) is 11.5 Å². The molecule has 2 N–H and O–H groups in total. The van der Waals surface area contributed by atoms with Gasteiger partial charge in [-0.15, -0.1) is 0 Å². The Labute approximate surface area is 204 Å². The number of carbonyl (C=O) groups is 1. The molecule has 2 heterocycles. The van der Waals surface area contributed by atoms with Gasteiger partial charge in [-0.05, 0) is 48.2 Å². The van der Waals surface area contributed by atoms with Crippen LogP contribution in [0.2, 0.25) is 0 Å². The van der Waals surface area contributed by atoms with Crippen molar-refractivity contribution in [1.82, 2.24) is 0 Å². The van der Waals surface area contributed by atoms with Crippen LogP contribution < -0.4 is 19.8 Å². The lowest BCUT2D eigenvalue weighted by Crippen LogP contribution is -2.30. The number of fused-ring (bicyclic) bond motifs is 3. The Morgan fingerprint density at radius 3 is 2.57 bits per heavy atom. The lowest BCUT2D eigenvalue weighted by Gasteiger charge is -2.37. The number of nitrogens with one attached hydrogen (secondary N) is 2. The number of aromatic amines is 1. The first-order valence-corrected chi connectivity index (χ1v) is 11.9. The lowest BCUT2D eigenvalue weighted by atomic mass is 9.71. The number of pyridine rings is 1. The molecule has 2 unspecified atom stereocenters. The first kappa shape index (κ1) is 21.4. The number of rotatable bonds is 4. The molecule has 0 spiro atoms. The maximum absolute atomic E-state index is 13.9. The number of anilines is 1. The molecule has 1 aliphatic heterocycles. The van der Waals surface area contributed by atoms with Gasteiger partial charge in [0.2, 0.25) is 5.52 Å². The fraction of sp³-hybridized carbons (Fsp3) is 0.200. The Kier molecular flexibility index (Phi) is 5.25. The average Bonchev–Trinajstić information content (AvgIpc) is 2.91. The number of benzene rings is 3. The molecule has 5 nitrogen and oxygen atoms in total. The minimum Gasteiger partial charge on any atom is -0.497 e. The van der Waals surface area contributed by atoms with Crippen LogP contribution in [0.25, 0.3) is 10.9 Å². The van der Waals surface area contributed by atoms with E-state index in [1.165, 1.54) is 5.56 Å². The summed E-state index contributed by atoms with van der Waals surface area (Å²) in [6, 6.07) is 24.5. The molecule has 4 aromatic rings. The molecule has 35 heavy (non-hydrogen) atoms. The number of hydrogen-bond acceptors (Lipinski definition) is 4. The number of ether oxygens (including phenoxy) is 2. The van der Waals surface area contributed by atoms with Gasteiger partial charge in [-0.2, -0.15) is 0 Å². The summed E-state index contributed by atoms with van der Waals surface area (Å²) in [5, 5.41) is 4.74. The molecule has 6 rings (SSSR count). The van der Waals surface area contributed by atoms with Crippen molar-refractivity contribution in [1.29, 1.82) is 0 Å². The second-order valence-electron chi connectivity index (χ2n) is 9.16. The van der Waals surface area contributed by atoms with Crippen LogP contribution in [0.1, 0.15) is 41.4 Å². The molecule has 0 amide bonds. The van der Waals surface area contributed by atoms with Crippen LogP contribution in [0, 0.1) is 0 Å². The zero-order chi connectivity index (χ0) is 23.9. The third-order valence-corrected chi connectivity index (χ3v) is 7.27. The van der Waals surface area contributed by atoms with E-state index in [0.29, 0.717) is 6.42 Å².